The average molecular weight is 524 g/mol. The molecule has 4 heteroatoms. The van der Waals surface area contributed by atoms with Crippen molar-refractivity contribution in [2.24, 2.45) is 56.7 Å². The summed E-state index contributed by atoms with van der Waals surface area (Å²) in [5.41, 5.74) is 2.12. The third-order valence-corrected chi connectivity index (χ3v) is 14.1. The number of amides is 1. The number of nitrogens with one attached hydrogen (secondary N) is 1. The fraction of sp³-hybridized carbons (Fsp3) is 0.882. The maximum Gasteiger partial charge on any atom is 0.230 e. The fourth-order valence-electron chi connectivity index (χ4n) is 11.6. The molecule has 2 N–H and O–H groups in total. The second kappa shape index (κ2) is 8.43. The number of hydrogen-bond donors (Lipinski definition) is 2. The number of aliphatic hydroxyl groups is 1. The fourth-order valence-corrected chi connectivity index (χ4v) is 11.6. The van der Waals surface area contributed by atoms with E-state index in [9.17, 15) is 14.7 Å². The molecule has 6 aliphatic rings. The Morgan fingerprint density at radius 2 is 1.61 bits per heavy atom. The predicted molar refractivity (Wildman–Crippen MR) is 151 cm³/mol. The van der Waals surface area contributed by atoms with E-state index in [1.807, 2.05) is 0 Å². The summed E-state index contributed by atoms with van der Waals surface area (Å²) < 4.78 is 0. The molecule has 0 bridgehead atoms. The summed E-state index contributed by atoms with van der Waals surface area (Å²) >= 11 is 0. The molecule has 38 heavy (non-hydrogen) atoms. The van der Waals surface area contributed by atoms with Crippen LogP contribution in [0.15, 0.2) is 11.1 Å². The van der Waals surface area contributed by atoms with Crippen molar-refractivity contribution >= 4 is 11.7 Å². The highest BCUT2D eigenvalue weighted by atomic mass is 16.3. The molecule has 6 rings (SSSR count). The summed E-state index contributed by atoms with van der Waals surface area (Å²) in [6.07, 6.45) is 11.2. The monoisotopic (exact) mass is 523 g/mol. The zero-order chi connectivity index (χ0) is 27.5. The van der Waals surface area contributed by atoms with Gasteiger partial charge in [-0.25, -0.2) is 0 Å². The van der Waals surface area contributed by atoms with Crippen LogP contribution in [0.25, 0.3) is 0 Å². The third kappa shape index (κ3) is 3.37. The summed E-state index contributed by atoms with van der Waals surface area (Å²) in [4.78, 5) is 27.7. The van der Waals surface area contributed by atoms with Crippen molar-refractivity contribution in [3.05, 3.63) is 11.1 Å². The molecular weight excluding hydrogens is 470 g/mol. The summed E-state index contributed by atoms with van der Waals surface area (Å²) in [5, 5.41) is 14.3. The highest BCUT2D eigenvalue weighted by Crippen LogP contribution is 2.76. The van der Waals surface area contributed by atoms with Crippen molar-refractivity contribution < 1.29 is 14.7 Å². The van der Waals surface area contributed by atoms with Gasteiger partial charge in [-0.3, -0.25) is 9.59 Å². The lowest BCUT2D eigenvalue weighted by atomic mass is 9.33. The van der Waals surface area contributed by atoms with Gasteiger partial charge in [0.25, 0.3) is 0 Å². The summed E-state index contributed by atoms with van der Waals surface area (Å²) in [6.45, 7) is 17.4. The molecule has 0 aromatic rings. The molecule has 212 valence electrons. The van der Waals surface area contributed by atoms with E-state index >= 15 is 0 Å². The van der Waals surface area contributed by atoms with Gasteiger partial charge >= 0.3 is 0 Å². The molecule has 4 nitrogen and oxygen atoms in total. The molecule has 0 saturated heterocycles. The molecule has 0 heterocycles. The van der Waals surface area contributed by atoms with Crippen LogP contribution >= 0.6 is 0 Å². The van der Waals surface area contributed by atoms with E-state index in [0.29, 0.717) is 30.1 Å². The molecule has 8 atom stereocenters. The van der Waals surface area contributed by atoms with Crippen molar-refractivity contribution in [3.8, 4) is 0 Å². The van der Waals surface area contributed by atoms with Gasteiger partial charge in [0.1, 0.15) is 0 Å². The molecular formula is C34H53NO3. The number of aliphatic hydroxyl groups excluding tert-OH is 1. The van der Waals surface area contributed by atoms with Crippen molar-refractivity contribution in [1.29, 1.82) is 0 Å². The number of fused-ring (bicyclic) bond motifs is 7. The first-order valence-electron chi connectivity index (χ1n) is 16.0. The van der Waals surface area contributed by atoms with E-state index in [2.05, 4.69) is 53.8 Å². The highest BCUT2D eigenvalue weighted by molar-refractivity contribution is 6.06. The molecule has 5 saturated carbocycles. The Morgan fingerprint density at radius 1 is 0.895 bits per heavy atom. The number of allylic oxidation sites excluding steroid dienone is 1. The van der Waals surface area contributed by atoms with Gasteiger partial charge in [0, 0.05) is 13.0 Å². The van der Waals surface area contributed by atoms with Crippen LogP contribution in [0.5, 0.6) is 0 Å². The number of hydrogen-bond acceptors (Lipinski definition) is 3. The third-order valence-electron chi connectivity index (χ3n) is 14.1. The molecule has 6 aliphatic carbocycles. The van der Waals surface area contributed by atoms with Gasteiger partial charge in [0.15, 0.2) is 5.78 Å². The minimum Gasteiger partial charge on any atom is -0.393 e. The van der Waals surface area contributed by atoms with Gasteiger partial charge in [-0.1, -0.05) is 48.5 Å². The van der Waals surface area contributed by atoms with E-state index in [0.717, 1.165) is 44.2 Å². The van der Waals surface area contributed by atoms with Gasteiger partial charge in [-0.05, 0) is 127 Å². The first kappa shape index (κ1) is 27.0. The zero-order valence-electron chi connectivity index (χ0n) is 25.2. The number of ketones is 1. The van der Waals surface area contributed by atoms with Crippen molar-refractivity contribution in [1.82, 2.24) is 5.32 Å². The summed E-state index contributed by atoms with van der Waals surface area (Å²) in [7, 11) is 0. The van der Waals surface area contributed by atoms with E-state index < -0.39 is 5.41 Å². The van der Waals surface area contributed by atoms with Crippen LogP contribution < -0.4 is 5.32 Å². The second-order valence-corrected chi connectivity index (χ2v) is 16.3. The quantitative estimate of drug-likeness (QED) is 0.423. The van der Waals surface area contributed by atoms with Crippen LogP contribution in [0.2, 0.25) is 0 Å². The van der Waals surface area contributed by atoms with Crippen molar-refractivity contribution in [2.45, 2.75) is 125 Å². The molecule has 5 fully saturated rings. The Kier molecular flexibility index (Phi) is 6.00. The zero-order valence-corrected chi connectivity index (χ0v) is 25.2. The molecule has 0 aromatic carbocycles. The highest BCUT2D eigenvalue weighted by Gasteiger charge is 2.70. The van der Waals surface area contributed by atoms with Crippen molar-refractivity contribution in [3.63, 3.8) is 0 Å². The first-order chi connectivity index (χ1) is 17.7. The Bertz CT molecular complexity index is 1070. The van der Waals surface area contributed by atoms with Crippen molar-refractivity contribution in [2.75, 3.05) is 6.54 Å². The van der Waals surface area contributed by atoms with Gasteiger partial charge in [0.2, 0.25) is 5.91 Å². The van der Waals surface area contributed by atoms with E-state index in [-0.39, 0.29) is 45.4 Å². The lowest BCUT2D eigenvalue weighted by molar-refractivity contribution is -0.228. The summed E-state index contributed by atoms with van der Waals surface area (Å²) in [5.74, 6) is 2.68. The molecule has 0 aromatic heterocycles. The minimum absolute atomic E-state index is 0.0430. The molecule has 0 unspecified atom stereocenters. The second-order valence-electron chi connectivity index (χ2n) is 16.3. The minimum atomic E-state index is -0.614. The van der Waals surface area contributed by atoms with E-state index in [1.54, 1.807) is 0 Å². The summed E-state index contributed by atoms with van der Waals surface area (Å²) in [6, 6.07) is 0. The van der Waals surface area contributed by atoms with Gasteiger partial charge in [-0.15, -0.1) is 0 Å². The SMILES string of the molecule is CC(C)C1=C2[C@H]3CC[C@@H]4[C@@]5(C)CC[C@H](O)C(C)(C)[C@@H]5CC[C@@]4(C)[C@]3(C)CC[C@@]2(C(=O)NCC2CC2)CC1=O. The largest absolute Gasteiger partial charge is 0.393 e. The Balaban J connectivity index is 1.41. The lowest BCUT2D eigenvalue weighted by Gasteiger charge is -2.72. The van der Waals surface area contributed by atoms with Crippen LogP contribution in [-0.4, -0.2) is 29.4 Å². The Labute approximate surface area is 231 Å². The number of carbonyl (C=O) groups is 2. The van der Waals surface area contributed by atoms with Gasteiger partial charge in [0.05, 0.1) is 11.5 Å². The standard InChI is InChI=1S/C34H53NO3/c1-20(2)27-23(36)18-34(29(38)35-19-21-8-9-21)17-16-32(6)22(28(27)34)10-11-25-31(5)14-13-26(37)30(3,4)24(31)12-15-33(25,32)7/h20-22,24-26,37H,8-19H2,1-7H3,(H,35,38)/t22-,24+,25-,26+,31+,32-,33-,34-/m1/s1. The maximum absolute atomic E-state index is 14.0. The van der Waals surface area contributed by atoms with Crippen LogP contribution in [0.3, 0.4) is 0 Å². The van der Waals surface area contributed by atoms with Gasteiger partial charge in [-0.2, -0.15) is 0 Å². The normalized spacial score (nSPS) is 47.8. The molecule has 0 radical (unpaired) electrons. The predicted octanol–water partition coefficient (Wildman–Crippen LogP) is 6.85. The Hall–Kier alpha value is -1.16. The van der Waals surface area contributed by atoms with Crippen LogP contribution in [0, 0.1) is 56.7 Å². The topological polar surface area (TPSA) is 66.4 Å². The molecule has 0 spiro atoms. The van der Waals surface area contributed by atoms with Crippen LogP contribution in [0.1, 0.15) is 119 Å². The smallest absolute Gasteiger partial charge is 0.230 e. The molecule has 1 amide bonds. The number of rotatable bonds is 4. The van der Waals surface area contributed by atoms with Crippen LogP contribution in [-0.2, 0) is 9.59 Å². The number of carbonyl (C=O) groups excluding carboxylic acids is 2. The van der Waals surface area contributed by atoms with Gasteiger partial charge < -0.3 is 10.4 Å². The van der Waals surface area contributed by atoms with Crippen LogP contribution in [0.4, 0.5) is 0 Å². The average Bonchev–Trinajstić information content (AvgIpc) is 3.61. The first-order valence-corrected chi connectivity index (χ1v) is 16.0. The lowest BCUT2D eigenvalue weighted by Crippen LogP contribution is -2.66. The molecule has 0 aliphatic heterocycles. The maximum atomic E-state index is 14.0. The van der Waals surface area contributed by atoms with E-state index in [1.165, 1.54) is 37.7 Å². The Morgan fingerprint density at radius 3 is 2.26 bits per heavy atom. The van der Waals surface area contributed by atoms with E-state index in [4.69, 9.17) is 0 Å². The number of Topliss-reactive ketones (excluding diaryl/α,β-unsaturated/α-hetero) is 1.